The van der Waals surface area contributed by atoms with E-state index in [2.05, 4.69) is 4.89 Å². The summed E-state index contributed by atoms with van der Waals surface area (Å²) in [5.74, 6) is 0.674. The van der Waals surface area contributed by atoms with Crippen molar-refractivity contribution in [3.8, 4) is 5.75 Å². The van der Waals surface area contributed by atoms with Crippen molar-refractivity contribution in [3.63, 3.8) is 0 Å². The molecule has 1 atom stereocenters. The fourth-order valence-corrected chi connectivity index (χ4v) is 2.64. The molecule has 1 aromatic carbocycles. The zero-order chi connectivity index (χ0) is 17.4. The molecule has 0 fully saturated rings. The predicted octanol–water partition coefficient (Wildman–Crippen LogP) is 4.17. The SMILES string of the molecule is CC(C)(C=CC[C@]1(C)C=Cc2c(ccc3ccc(=O)oc23)O1)OO. The first-order chi connectivity index (χ1) is 11.3. The Balaban J connectivity index is 1.89. The molecule has 0 amide bonds. The van der Waals surface area contributed by atoms with Crippen LogP contribution in [-0.2, 0) is 4.89 Å². The highest BCUT2D eigenvalue weighted by atomic mass is 17.1. The number of benzene rings is 1. The number of hydrogen-bond donors (Lipinski definition) is 1. The fourth-order valence-electron chi connectivity index (χ4n) is 2.64. The van der Waals surface area contributed by atoms with Gasteiger partial charge in [0.25, 0.3) is 0 Å². The molecule has 5 nitrogen and oxygen atoms in total. The monoisotopic (exact) mass is 328 g/mol. The molecule has 0 saturated heterocycles. The average Bonchev–Trinajstić information content (AvgIpc) is 2.54. The minimum atomic E-state index is -0.744. The molecule has 1 aromatic heterocycles. The predicted molar refractivity (Wildman–Crippen MR) is 92.1 cm³/mol. The summed E-state index contributed by atoms with van der Waals surface area (Å²) in [7, 11) is 0. The molecule has 126 valence electrons. The Bertz CT molecular complexity index is 875. The summed E-state index contributed by atoms with van der Waals surface area (Å²) in [4.78, 5) is 15.9. The highest BCUT2D eigenvalue weighted by Gasteiger charge is 2.28. The van der Waals surface area contributed by atoms with Crippen LogP contribution in [0.5, 0.6) is 5.75 Å². The Hall–Kier alpha value is -2.37. The standard InChI is InChI=1S/C19H20O5/c1-18(2,24-21)10-4-11-19(3)12-9-14-15(23-19)7-5-13-6-8-16(20)22-17(13)14/h4-10,12,21H,11H2,1-3H3/t19-/m1/s1. The summed E-state index contributed by atoms with van der Waals surface area (Å²) in [5, 5.41) is 9.67. The van der Waals surface area contributed by atoms with E-state index in [0.29, 0.717) is 17.8 Å². The molecule has 0 radical (unpaired) electrons. The number of hydrogen-bond acceptors (Lipinski definition) is 5. The van der Waals surface area contributed by atoms with Crippen LogP contribution in [0, 0.1) is 0 Å². The van der Waals surface area contributed by atoms with E-state index in [4.69, 9.17) is 14.4 Å². The minimum absolute atomic E-state index is 0.383. The van der Waals surface area contributed by atoms with Gasteiger partial charge in [-0.25, -0.2) is 9.68 Å². The smallest absolute Gasteiger partial charge is 0.336 e. The minimum Gasteiger partial charge on any atom is -0.482 e. The molecule has 24 heavy (non-hydrogen) atoms. The van der Waals surface area contributed by atoms with Crippen LogP contribution < -0.4 is 10.4 Å². The summed E-state index contributed by atoms with van der Waals surface area (Å²) in [6, 6.07) is 6.89. The molecule has 0 aliphatic carbocycles. The van der Waals surface area contributed by atoms with Crippen LogP contribution in [0.2, 0.25) is 0 Å². The summed E-state index contributed by atoms with van der Waals surface area (Å²) in [6.45, 7) is 5.48. The van der Waals surface area contributed by atoms with Crippen molar-refractivity contribution in [1.29, 1.82) is 0 Å². The molecule has 2 heterocycles. The van der Waals surface area contributed by atoms with Crippen molar-refractivity contribution in [1.82, 2.24) is 0 Å². The third-order valence-electron chi connectivity index (χ3n) is 4.01. The van der Waals surface area contributed by atoms with Crippen molar-refractivity contribution in [2.75, 3.05) is 0 Å². The lowest BCUT2D eigenvalue weighted by molar-refractivity contribution is -0.297. The van der Waals surface area contributed by atoms with Gasteiger partial charge in [0.1, 0.15) is 22.5 Å². The number of ether oxygens (including phenoxy) is 1. The van der Waals surface area contributed by atoms with Gasteiger partial charge in [-0.3, -0.25) is 5.26 Å². The van der Waals surface area contributed by atoms with Crippen molar-refractivity contribution in [2.45, 2.75) is 38.4 Å². The van der Waals surface area contributed by atoms with Crippen molar-refractivity contribution in [2.24, 2.45) is 0 Å². The summed E-state index contributed by atoms with van der Waals surface area (Å²) >= 11 is 0. The zero-order valence-electron chi connectivity index (χ0n) is 13.9. The first-order valence-corrected chi connectivity index (χ1v) is 7.77. The molecular formula is C19H20O5. The molecular weight excluding hydrogens is 308 g/mol. The Morgan fingerprint density at radius 3 is 2.79 bits per heavy atom. The molecule has 0 saturated carbocycles. The Morgan fingerprint density at radius 2 is 2.04 bits per heavy atom. The van der Waals surface area contributed by atoms with Crippen molar-refractivity contribution in [3.05, 3.63) is 58.5 Å². The van der Waals surface area contributed by atoms with E-state index in [9.17, 15) is 4.79 Å². The Morgan fingerprint density at radius 1 is 1.29 bits per heavy atom. The number of rotatable bonds is 4. The first kappa shape index (κ1) is 16.5. The van der Waals surface area contributed by atoms with Crippen LogP contribution in [0.4, 0.5) is 0 Å². The fraction of sp³-hybridized carbons (Fsp3) is 0.316. The van der Waals surface area contributed by atoms with Gasteiger partial charge in [0.15, 0.2) is 0 Å². The normalized spacial score (nSPS) is 20.3. The second-order valence-corrected chi connectivity index (χ2v) is 6.70. The molecule has 0 spiro atoms. The number of fused-ring (bicyclic) bond motifs is 3. The highest BCUT2D eigenvalue weighted by Crippen LogP contribution is 2.37. The molecule has 5 heteroatoms. The molecule has 1 N–H and O–H groups in total. The van der Waals surface area contributed by atoms with Gasteiger partial charge in [0, 0.05) is 17.9 Å². The molecule has 0 bridgehead atoms. The molecule has 1 aliphatic heterocycles. The average molecular weight is 328 g/mol. The largest absolute Gasteiger partial charge is 0.482 e. The van der Waals surface area contributed by atoms with Gasteiger partial charge in [0.05, 0.1) is 5.56 Å². The first-order valence-electron chi connectivity index (χ1n) is 7.77. The van der Waals surface area contributed by atoms with E-state index in [1.54, 1.807) is 26.0 Å². The summed E-state index contributed by atoms with van der Waals surface area (Å²) in [6.07, 6.45) is 8.16. The zero-order valence-corrected chi connectivity index (χ0v) is 13.9. The lowest BCUT2D eigenvalue weighted by atomic mass is 9.95. The van der Waals surface area contributed by atoms with E-state index >= 15 is 0 Å². The molecule has 3 rings (SSSR count). The van der Waals surface area contributed by atoms with Gasteiger partial charge in [0.2, 0.25) is 0 Å². The van der Waals surface area contributed by atoms with Crippen LogP contribution in [0.15, 0.2) is 51.7 Å². The molecule has 2 aromatic rings. The Kier molecular flexibility index (Phi) is 4.07. The van der Waals surface area contributed by atoms with E-state index < -0.39 is 11.2 Å². The van der Waals surface area contributed by atoms with Crippen LogP contribution in [-0.4, -0.2) is 16.5 Å². The van der Waals surface area contributed by atoms with Crippen molar-refractivity contribution >= 4 is 17.0 Å². The summed E-state index contributed by atoms with van der Waals surface area (Å²) in [5.41, 5.74) is -0.356. The van der Waals surface area contributed by atoms with Crippen molar-refractivity contribution < 1.29 is 19.3 Å². The maximum atomic E-state index is 11.5. The van der Waals surface area contributed by atoms with Crippen LogP contribution in [0.25, 0.3) is 17.0 Å². The maximum absolute atomic E-state index is 11.5. The molecule has 0 unspecified atom stereocenters. The topological polar surface area (TPSA) is 68.9 Å². The van der Waals surface area contributed by atoms with Gasteiger partial charge < -0.3 is 9.15 Å². The van der Waals surface area contributed by atoms with Gasteiger partial charge in [-0.05, 0) is 51.1 Å². The van der Waals surface area contributed by atoms with Crippen LogP contribution >= 0.6 is 0 Å². The lowest BCUT2D eigenvalue weighted by Crippen LogP contribution is -2.31. The second-order valence-electron chi connectivity index (χ2n) is 6.70. The summed E-state index contributed by atoms with van der Waals surface area (Å²) < 4.78 is 11.4. The van der Waals surface area contributed by atoms with Gasteiger partial charge in [-0.1, -0.05) is 12.2 Å². The third-order valence-corrected chi connectivity index (χ3v) is 4.01. The quantitative estimate of drug-likeness (QED) is 0.395. The molecule has 1 aliphatic rings. The maximum Gasteiger partial charge on any atom is 0.336 e. The van der Waals surface area contributed by atoms with Gasteiger partial charge in [-0.2, -0.15) is 0 Å². The van der Waals surface area contributed by atoms with E-state index in [0.717, 1.165) is 10.9 Å². The highest BCUT2D eigenvalue weighted by molar-refractivity contribution is 5.89. The van der Waals surface area contributed by atoms with E-state index in [1.165, 1.54) is 6.07 Å². The van der Waals surface area contributed by atoms with E-state index in [1.807, 2.05) is 37.3 Å². The Labute approximate surface area is 139 Å². The lowest BCUT2D eigenvalue weighted by Gasteiger charge is -2.31. The third kappa shape index (κ3) is 3.27. The van der Waals surface area contributed by atoms with E-state index in [-0.39, 0.29) is 5.63 Å². The van der Waals surface area contributed by atoms with Gasteiger partial charge >= 0.3 is 5.63 Å². The van der Waals surface area contributed by atoms with Crippen LogP contribution in [0.3, 0.4) is 0 Å². The second kappa shape index (κ2) is 5.92. The van der Waals surface area contributed by atoms with Crippen LogP contribution in [0.1, 0.15) is 32.8 Å². The van der Waals surface area contributed by atoms with Gasteiger partial charge in [-0.15, -0.1) is 0 Å².